The Morgan fingerprint density at radius 1 is 0.848 bits per heavy atom. The van der Waals surface area contributed by atoms with E-state index in [1.807, 2.05) is 12.1 Å². The van der Waals surface area contributed by atoms with Gasteiger partial charge in [-0.05, 0) is 54.8 Å². The SMILES string of the molecule is COc1cc2c(cc1OC)CN(C(=O)COC(=O)COc1ccc(C(C)=O)cc1OC)CC2. The van der Waals surface area contributed by atoms with Crippen molar-refractivity contribution in [3.05, 3.63) is 47.0 Å². The number of amides is 1. The van der Waals surface area contributed by atoms with Gasteiger partial charge in [0.2, 0.25) is 0 Å². The summed E-state index contributed by atoms with van der Waals surface area (Å²) in [5, 5.41) is 0. The number of benzene rings is 2. The summed E-state index contributed by atoms with van der Waals surface area (Å²) in [7, 11) is 4.58. The van der Waals surface area contributed by atoms with Crippen LogP contribution in [0.3, 0.4) is 0 Å². The van der Waals surface area contributed by atoms with Gasteiger partial charge in [0.15, 0.2) is 42.0 Å². The van der Waals surface area contributed by atoms with E-state index in [0.717, 1.165) is 11.1 Å². The van der Waals surface area contributed by atoms with Crippen molar-refractivity contribution >= 4 is 17.7 Å². The van der Waals surface area contributed by atoms with Crippen molar-refractivity contribution in [1.29, 1.82) is 0 Å². The minimum absolute atomic E-state index is 0.115. The zero-order chi connectivity index (χ0) is 24.0. The molecular formula is C24H27NO8. The van der Waals surface area contributed by atoms with Crippen molar-refractivity contribution in [2.75, 3.05) is 41.1 Å². The number of fused-ring (bicyclic) bond motifs is 1. The Bertz CT molecular complexity index is 1050. The molecule has 0 saturated carbocycles. The average Bonchev–Trinajstić information content (AvgIpc) is 2.84. The summed E-state index contributed by atoms with van der Waals surface area (Å²) < 4.78 is 26.4. The zero-order valence-electron chi connectivity index (χ0n) is 19.1. The third-order valence-electron chi connectivity index (χ3n) is 5.34. The molecule has 176 valence electrons. The van der Waals surface area contributed by atoms with Crippen LogP contribution in [0.1, 0.15) is 28.4 Å². The highest BCUT2D eigenvalue weighted by Gasteiger charge is 2.24. The number of Topliss-reactive ketones (excluding diaryl/α,β-unsaturated/α-hetero) is 1. The number of rotatable bonds is 9. The Hall–Kier alpha value is -3.75. The zero-order valence-corrected chi connectivity index (χ0v) is 19.1. The fraction of sp³-hybridized carbons (Fsp3) is 0.375. The monoisotopic (exact) mass is 457 g/mol. The lowest BCUT2D eigenvalue weighted by Crippen LogP contribution is -2.39. The molecule has 0 bridgehead atoms. The van der Waals surface area contributed by atoms with Crippen LogP contribution >= 0.6 is 0 Å². The molecule has 0 fully saturated rings. The lowest BCUT2D eigenvalue weighted by Gasteiger charge is -2.29. The van der Waals surface area contributed by atoms with Crippen molar-refractivity contribution in [3.8, 4) is 23.0 Å². The van der Waals surface area contributed by atoms with E-state index in [1.54, 1.807) is 31.3 Å². The molecule has 1 aliphatic heterocycles. The molecule has 3 rings (SSSR count). The van der Waals surface area contributed by atoms with Gasteiger partial charge in [-0.3, -0.25) is 9.59 Å². The molecule has 33 heavy (non-hydrogen) atoms. The minimum atomic E-state index is -0.690. The molecule has 2 aromatic carbocycles. The van der Waals surface area contributed by atoms with E-state index >= 15 is 0 Å². The first kappa shape index (κ1) is 23.9. The molecule has 0 saturated heterocycles. The number of esters is 1. The van der Waals surface area contributed by atoms with E-state index < -0.39 is 12.6 Å². The molecule has 1 amide bonds. The number of ether oxygens (including phenoxy) is 5. The molecule has 0 aromatic heterocycles. The molecular weight excluding hydrogens is 430 g/mol. The van der Waals surface area contributed by atoms with E-state index in [0.29, 0.717) is 48.1 Å². The van der Waals surface area contributed by atoms with E-state index in [-0.39, 0.29) is 18.3 Å². The number of hydrogen-bond donors (Lipinski definition) is 0. The topological polar surface area (TPSA) is 101 Å². The molecule has 1 aliphatic rings. The maximum Gasteiger partial charge on any atom is 0.344 e. The Balaban J connectivity index is 1.52. The summed E-state index contributed by atoms with van der Waals surface area (Å²) in [6.45, 7) is 1.56. The van der Waals surface area contributed by atoms with E-state index in [9.17, 15) is 14.4 Å². The summed E-state index contributed by atoms with van der Waals surface area (Å²) in [6, 6.07) is 8.43. The lowest BCUT2D eigenvalue weighted by molar-refractivity contribution is -0.154. The Kier molecular flexibility index (Phi) is 7.76. The fourth-order valence-electron chi connectivity index (χ4n) is 3.51. The number of carbonyl (C=O) groups is 3. The second-order valence-corrected chi connectivity index (χ2v) is 7.41. The third-order valence-corrected chi connectivity index (χ3v) is 5.34. The van der Waals surface area contributed by atoms with Gasteiger partial charge >= 0.3 is 5.97 Å². The van der Waals surface area contributed by atoms with E-state index in [2.05, 4.69) is 0 Å². The highest BCUT2D eigenvalue weighted by molar-refractivity contribution is 5.94. The van der Waals surface area contributed by atoms with Gasteiger partial charge in [0, 0.05) is 18.7 Å². The Morgan fingerprint density at radius 3 is 2.12 bits per heavy atom. The van der Waals surface area contributed by atoms with Crippen LogP contribution in [0, 0.1) is 0 Å². The first-order valence-electron chi connectivity index (χ1n) is 10.3. The van der Waals surface area contributed by atoms with Crippen LogP contribution in [0.15, 0.2) is 30.3 Å². The van der Waals surface area contributed by atoms with Crippen LogP contribution in [0.5, 0.6) is 23.0 Å². The normalized spacial score (nSPS) is 12.4. The van der Waals surface area contributed by atoms with E-state index in [1.165, 1.54) is 20.1 Å². The predicted molar refractivity (Wildman–Crippen MR) is 118 cm³/mol. The molecule has 0 radical (unpaired) electrons. The van der Waals surface area contributed by atoms with Gasteiger partial charge in [-0.2, -0.15) is 0 Å². The molecule has 2 aromatic rings. The highest BCUT2D eigenvalue weighted by atomic mass is 16.6. The van der Waals surface area contributed by atoms with Crippen LogP contribution in [-0.4, -0.2) is 63.6 Å². The summed E-state index contributed by atoms with van der Waals surface area (Å²) >= 11 is 0. The van der Waals surface area contributed by atoms with Crippen molar-refractivity contribution in [1.82, 2.24) is 4.90 Å². The number of carbonyl (C=O) groups excluding carboxylic acids is 3. The molecule has 9 heteroatoms. The quantitative estimate of drug-likeness (QED) is 0.418. The number of methoxy groups -OCH3 is 3. The van der Waals surface area contributed by atoms with Gasteiger partial charge in [-0.25, -0.2) is 4.79 Å². The molecule has 0 aliphatic carbocycles. The Morgan fingerprint density at radius 2 is 1.48 bits per heavy atom. The summed E-state index contributed by atoms with van der Waals surface area (Å²) in [4.78, 5) is 37.8. The highest BCUT2D eigenvalue weighted by Crippen LogP contribution is 2.33. The number of hydrogen-bond acceptors (Lipinski definition) is 8. The second kappa shape index (κ2) is 10.7. The molecule has 0 unspecified atom stereocenters. The number of ketones is 1. The fourth-order valence-corrected chi connectivity index (χ4v) is 3.51. The molecule has 1 heterocycles. The van der Waals surface area contributed by atoms with Crippen LogP contribution in [0.4, 0.5) is 0 Å². The van der Waals surface area contributed by atoms with Gasteiger partial charge in [-0.1, -0.05) is 0 Å². The molecule has 0 spiro atoms. The maximum atomic E-state index is 12.6. The van der Waals surface area contributed by atoms with Gasteiger partial charge in [0.05, 0.1) is 21.3 Å². The molecule has 9 nitrogen and oxygen atoms in total. The first-order valence-corrected chi connectivity index (χ1v) is 10.3. The molecule has 0 N–H and O–H groups in total. The largest absolute Gasteiger partial charge is 0.493 e. The van der Waals surface area contributed by atoms with Crippen LogP contribution < -0.4 is 18.9 Å². The van der Waals surface area contributed by atoms with Gasteiger partial charge < -0.3 is 28.6 Å². The van der Waals surface area contributed by atoms with Crippen LogP contribution in [-0.2, 0) is 27.3 Å². The minimum Gasteiger partial charge on any atom is -0.493 e. The van der Waals surface area contributed by atoms with Crippen molar-refractivity contribution in [3.63, 3.8) is 0 Å². The molecule has 0 atom stereocenters. The summed E-state index contributed by atoms with van der Waals surface area (Å²) in [5.41, 5.74) is 2.52. The second-order valence-electron chi connectivity index (χ2n) is 7.41. The summed E-state index contributed by atoms with van der Waals surface area (Å²) in [6.07, 6.45) is 0.661. The van der Waals surface area contributed by atoms with Crippen molar-refractivity contribution in [2.24, 2.45) is 0 Å². The van der Waals surface area contributed by atoms with Gasteiger partial charge in [0.25, 0.3) is 5.91 Å². The van der Waals surface area contributed by atoms with Crippen LogP contribution in [0.2, 0.25) is 0 Å². The van der Waals surface area contributed by atoms with E-state index in [4.69, 9.17) is 23.7 Å². The van der Waals surface area contributed by atoms with Crippen molar-refractivity contribution in [2.45, 2.75) is 19.9 Å². The number of nitrogens with zero attached hydrogens (tertiary/aromatic N) is 1. The lowest BCUT2D eigenvalue weighted by atomic mass is 9.99. The van der Waals surface area contributed by atoms with Crippen molar-refractivity contribution < 1.29 is 38.1 Å². The predicted octanol–water partition coefficient (Wildman–Crippen LogP) is 2.42. The van der Waals surface area contributed by atoms with Crippen LogP contribution in [0.25, 0.3) is 0 Å². The van der Waals surface area contributed by atoms with Gasteiger partial charge in [0.1, 0.15) is 0 Å². The summed E-state index contributed by atoms with van der Waals surface area (Å²) in [5.74, 6) is 0.763. The van der Waals surface area contributed by atoms with Gasteiger partial charge in [-0.15, -0.1) is 0 Å². The standard InChI is InChI=1S/C24H27NO8/c1-15(26)16-5-6-19(20(9-16)29-2)32-14-24(28)33-13-23(27)25-8-7-17-10-21(30-3)22(31-4)11-18(17)12-25/h5-6,9-11H,7-8,12-14H2,1-4H3. The average molecular weight is 457 g/mol. The maximum absolute atomic E-state index is 12.6. The third kappa shape index (κ3) is 5.74. The smallest absolute Gasteiger partial charge is 0.344 e. The first-order chi connectivity index (χ1) is 15.9. The Labute approximate surface area is 192 Å².